The molecule has 17 heteroatoms. The number of esters is 3. The molecule has 0 spiro atoms. The lowest BCUT2D eigenvalue weighted by Crippen LogP contribution is -2.56. The highest BCUT2D eigenvalue weighted by Gasteiger charge is 2.55. The number of aromatic amines is 1. The van der Waals surface area contributed by atoms with E-state index in [-0.39, 0.29) is 26.1 Å². The Labute approximate surface area is 234 Å². The molecule has 0 bridgehead atoms. The number of hydrogen-bond donors (Lipinski definition) is 6. The monoisotopic (exact) mass is 587 g/mol. The number of nitrogens with one attached hydrogen (secondary N) is 3. The molecule has 7 N–H and O–H groups in total. The fraction of sp³-hybridized carbons (Fsp3) is 0.667. The van der Waals surface area contributed by atoms with Gasteiger partial charge in [0.1, 0.15) is 24.3 Å². The van der Waals surface area contributed by atoms with Gasteiger partial charge in [-0.05, 0) is 26.8 Å². The summed E-state index contributed by atoms with van der Waals surface area (Å²) >= 11 is 0. The Morgan fingerprint density at radius 1 is 1.12 bits per heavy atom. The van der Waals surface area contributed by atoms with Gasteiger partial charge >= 0.3 is 23.6 Å². The Bertz CT molecular complexity index is 1180. The van der Waals surface area contributed by atoms with Gasteiger partial charge in [-0.25, -0.2) is 4.79 Å². The van der Waals surface area contributed by atoms with Crippen LogP contribution in [0.1, 0.15) is 40.3 Å². The molecular formula is C24H37N5O12. The summed E-state index contributed by atoms with van der Waals surface area (Å²) in [5, 5.41) is 26.1. The van der Waals surface area contributed by atoms with Crippen molar-refractivity contribution in [2.45, 2.75) is 82.9 Å². The van der Waals surface area contributed by atoms with Crippen molar-refractivity contribution < 1.29 is 48.3 Å². The second kappa shape index (κ2) is 15.4. The maximum Gasteiger partial charge on any atom is 0.330 e. The molecule has 0 saturated carbocycles. The van der Waals surface area contributed by atoms with E-state index in [1.807, 2.05) is 4.98 Å². The van der Waals surface area contributed by atoms with Crippen molar-refractivity contribution in [3.63, 3.8) is 0 Å². The lowest BCUT2D eigenvalue weighted by Gasteiger charge is -2.29. The van der Waals surface area contributed by atoms with Crippen LogP contribution in [0, 0.1) is 0 Å². The third kappa shape index (κ3) is 9.19. The van der Waals surface area contributed by atoms with Crippen molar-refractivity contribution in [1.82, 2.24) is 20.2 Å². The van der Waals surface area contributed by atoms with Crippen LogP contribution in [0.15, 0.2) is 21.9 Å². The molecule has 0 aromatic carbocycles. The second-order valence-electron chi connectivity index (χ2n) is 9.24. The van der Waals surface area contributed by atoms with E-state index in [0.717, 1.165) is 30.7 Å². The molecule has 1 aliphatic rings. The fourth-order valence-corrected chi connectivity index (χ4v) is 4.09. The zero-order valence-electron chi connectivity index (χ0n) is 23.1. The molecule has 1 saturated heterocycles. The molecule has 3 unspecified atom stereocenters. The minimum atomic E-state index is -1.78. The maximum absolute atomic E-state index is 12.8. The number of carbonyl (C=O) groups is 4. The Balaban J connectivity index is 2.31. The van der Waals surface area contributed by atoms with Crippen molar-refractivity contribution in [2.24, 2.45) is 5.73 Å². The summed E-state index contributed by atoms with van der Waals surface area (Å²) in [6.45, 7) is 5.18. The van der Waals surface area contributed by atoms with Gasteiger partial charge in [-0.1, -0.05) is 0 Å². The van der Waals surface area contributed by atoms with Gasteiger partial charge in [0.15, 0.2) is 18.4 Å². The van der Waals surface area contributed by atoms with E-state index in [9.17, 15) is 39.0 Å². The lowest BCUT2D eigenvalue weighted by atomic mass is 9.98. The summed E-state index contributed by atoms with van der Waals surface area (Å²) in [6, 6.07) is -1.57. The number of nitrogens with two attached hydrogens (primary N) is 1. The molecule has 8 atom stereocenters. The van der Waals surface area contributed by atoms with Crippen LogP contribution in [0.25, 0.3) is 0 Å². The van der Waals surface area contributed by atoms with Gasteiger partial charge in [0.25, 0.3) is 5.56 Å². The number of aliphatic hydroxyl groups excluding tert-OH is 2. The quantitative estimate of drug-likeness (QED) is 0.0699. The van der Waals surface area contributed by atoms with Gasteiger partial charge in [-0.3, -0.25) is 33.5 Å². The van der Waals surface area contributed by atoms with E-state index in [1.54, 1.807) is 6.92 Å². The van der Waals surface area contributed by atoms with E-state index < -0.39 is 83.9 Å². The molecule has 2 heterocycles. The van der Waals surface area contributed by atoms with Gasteiger partial charge in [-0.15, -0.1) is 0 Å². The van der Waals surface area contributed by atoms with E-state index in [4.69, 9.17) is 24.7 Å². The van der Waals surface area contributed by atoms with E-state index in [0.29, 0.717) is 0 Å². The summed E-state index contributed by atoms with van der Waals surface area (Å²) in [6.07, 6.45) is -7.46. The predicted molar refractivity (Wildman–Crippen MR) is 138 cm³/mol. The largest absolute Gasteiger partial charge is 0.465 e. The van der Waals surface area contributed by atoms with E-state index in [1.165, 1.54) is 6.92 Å². The minimum absolute atomic E-state index is 0.0403. The van der Waals surface area contributed by atoms with Crippen molar-refractivity contribution in [3.05, 3.63) is 33.1 Å². The summed E-state index contributed by atoms with van der Waals surface area (Å²) < 4.78 is 22.5. The molecule has 0 radical (unpaired) electrons. The van der Waals surface area contributed by atoms with Gasteiger partial charge in [-0.2, -0.15) is 0 Å². The number of carbonyl (C=O) groups excluding carboxylic acids is 4. The van der Waals surface area contributed by atoms with Crippen LogP contribution in [0.2, 0.25) is 0 Å². The third-order valence-corrected chi connectivity index (χ3v) is 6.01. The number of aromatic nitrogens is 2. The van der Waals surface area contributed by atoms with Crippen molar-refractivity contribution in [2.75, 3.05) is 19.7 Å². The van der Waals surface area contributed by atoms with Gasteiger partial charge < -0.3 is 45.5 Å². The van der Waals surface area contributed by atoms with Crippen LogP contribution >= 0.6 is 0 Å². The molecule has 1 fully saturated rings. The molecule has 1 aromatic rings. The molecule has 17 nitrogen and oxygen atoms in total. The zero-order valence-corrected chi connectivity index (χ0v) is 23.1. The summed E-state index contributed by atoms with van der Waals surface area (Å²) in [5.41, 5.74) is 3.93. The third-order valence-electron chi connectivity index (χ3n) is 6.01. The fourth-order valence-electron chi connectivity index (χ4n) is 4.09. The first-order chi connectivity index (χ1) is 19.3. The van der Waals surface area contributed by atoms with E-state index >= 15 is 0 Å². The summed E-state index contributed by atoms with van der Waals surface area (Å²) in [4.78, 5) is 74.7. The highest BCUT2D eigenvalue weighted by atomic mass is 16.6. The second-order valence-corrected chi connectivity index (χ2v) is 9.24. The Morgan fingerprint density at radius 3 is 2.32 bits per heavy atom. The Morgan fingerprint density at radius 2 is 1.76 bits per heavy atom. The smallest absolute Gasteiger partial charge is 0.330 e. The van der Waals surface area contributed by atoms with Crippen molar-refractivity contribution >= 4 is 23.8 Å². The maximum atomic E-state index is 12.8. The van der Waals surface area contributed by atoms with Crippen LogP contribution in [-0.4, -0.2) is 106 Å². The SMILES string of the molecule is CCOC(=O)C(NCCCNC(=O)[C@@H](N)C(C)O)C(O)[C@H]1O[C@@H](n2ccc(=O)[nH]c2=O)[C@H](OC(C)=O)[C@@H]1OC(C)=O. The van der Waals surface area contributed by atoms with Crippen LogP contribution in [0.5, 0.6) is 0 Å². The number of H-pyrrole nitrogens is 1. The van der Waals surface area contributed by atoms with Crippen molar-refractivity contribution in [3.8, 4) is 0 Å². The first kappa shape index (κ1) is 33.6. The number of amides is 1. The van der Waals surface area contributed by atoms with Gasteiger partial charge in [0.2, 0.25) is 5.91 Å². The highest BCUT2D eigenvalue weighted by molar-refractivity contribution is 5.82. The van der Waals surface area contributed by atoms with Crippen LogP contribution in [0.3, 0.4) is 0 Å². The number of hydrogen-bond acceptors (Lipinski definition) is 14. The number of rotatable bonds is 14. The average Bonchev–Trinajstić information content (AvgIpc) is 3.21. The zero-order chi connectivity index (χ0) is 30.9. The molecule has 41 heavy (non-hydrogen) atoms. The number of aliphatic hydroxyl groups is 2. The summed E-state index contributed by atoms with van der Waals surface area (Å²) in [7, 11) is 0. The normalized spacial score (nSPS) is 23.1. The van der Waals surface area contributed by atoms with Crippen LogP contribution in [-0.2, 0) is 38.1 Å². The average molecular weight is 588 g/mol. The number of ether oxygens (including phenoxy) is 4. The Hall–Kier alpha value is -3.64. The molecule has 230 valence electrons. The van der Waals surface area contributed by atoms with Crippen molar-refractivity contribution in [1.29, 1.82) is 0 Å². The molecule has 1 aliphatic heterocycles. The molecular weight excluding hydrogens is 550 g/mol. The standard InChI is InChI=1S/C24H37N5O12/c1-5-38-23(36)16(26-8-6-9-27-21(35)15(25)11(2)30)17(34)18-19(39-12(3)31)20(40-13(4)32)22(41-18)29-10-7-14(33)28-24(29)37/h7,10-11,15-20,22,26,30,34H,5-6,8-9,25H2,1-4H3,(H,27,35)(H,28,33,37)/t11?,15-,16?,17?,18+,19+,20+,22+/m0/s1. The summed E-state index contributed by atoms with van der Waals surface area (Å²) in [5.74, 6) is -3.13. The molecule has 1 amide bonds. The first-order valence-electron chi connectivity index (χ1n) is 12.9. The topological polar surface area (TPSA) is 251 Å². The van der Waals surface area contributed by atoms with Gasteiger partial charge in [0, 0.05) is 32.7 Å². The number of nitrogens with zero attached hydrogens (tertiary/aromatic N) is 1. The molecule has 0 aliphatic carbocycles. The minimum Gasteiger partial charge on any atom is -0.465 e. The molecule has 1 aromatic heterocycles. The van der Waals surface area contributed by atoms with Crippen LogP contribution < -0.4 is 27.6 Å². The van der Waals surface area contributed by atoms with E-state index in [2.05, 4.69) is 10.6 Å². The van der Waals surface area contributed by atoms with Crippen LogP contribution in [0.4, 0.5) is 0 Å². The Kier molecular flexibility index (Phi) is 12.6. The first-order valence-corrected chi connectivity index (χ1v) is 12.9. The predicted octanol–water partition coefficient (Wildman–Crippen LogP) is -3.61. The lowest BCUT2D eigenvalue weighted by molar-refractivity contribution is -0.168. The highest BCUT2D eigenvalue weighted by Crippen LogP contribution is 2.35. The molecule has 2 rings (SSSR count). The van der Waals surface area contributed by atoms with Gasteiger partial charge in [0.05, 0.1) is 12.7 Å².